The van der Waals surface area contributed by atoms with Gasteiger partial charge in [-0.1, -0.05) is 30.7 Å². The Hall–Kier alpha value is -0.505. The molecule has 1 radical (unpaired) electrons. The number of hydrogen-bond acceptors (Lipinski definition) is 2. The molecule has 12 heavy (non-hydrogen) atoms. The Labute approximate surface area is 76.9 Å². The van der Waals surface area contributed by atoms with Crippen LogP contribution < -0.4 is 0 Å². The lowest BCUT2D eigenvalue weighted by Crippen LogP contribution is -2.01. The normalized spacial score (nSPS) is 14.8. The van der Waals surface area contributed by atoms with E-state index in [1.54, 1.807) is 6.08 Å². The Morgan fingerprint density at radius 3 is 2.83 bits per heavy atom. The molecule has 0 aromatic rings. The summed E-state index contributed by atoms with van der Waals surface area (Å²) in [5, 5.41) is 0. The lowest BCUT2D eigenvalue weighted by atomic mass is 10.2. The van der Waals surface area contributed by atoms with Gasteiger partial charge in [0.25, 0.3) is 7.09 Å². The molecule has 0 saturated carbocycles. The summed E-state index contributed by atoms with van der Waals surface area (Å²) in [6.45, 7) is 3.85. The van der Waals surface area contributed by atoms with Crippen molar-refractivity contribution in [1.29, 1.82) is 1.34 Å². The standard InChI is InChI=1S/C8H14BO2S/c1-3-4-5-8(2)6-7-12(9,10)11/h4-6,9H,3,7H2,1-2H3/b5-4+,8-6+/i9T. The SMILES string of the molecule is [3H][B]S(=O)(=O)C/C=C(C)/C=C/CC. The van der Waals surface area contributed by atoms with Crippen LogP contribution in [0.2, 0.25) is 0 Å². The van der Waals surface area contributed by atoms with Gasteiger partial charge in [-0.05, 0) is 14.7 Å². The average Bonchev–Trinajstić information content (AvgIpc) is 2.11. The Balaban J connectivity index is 4.20. The molecule has 4 heteroatoms. The molecule has 0 amide bonds. The largest absolute Gasteiger partial charge is 0.258 e. The third-order valence-corrected chi connectivity index (χ3v) is 1.89. The minimum absolute atomic E-state index is 0.0869. The molecule has 0 aliphatic heterocycles. The van der Waals surface area contributed by atoms with Gasteiger partial charge in [0.05, 0.1) is 15.4 Å². The first-order valence-electron chi connectivity index (χ1n) is 4.37. The molecule has 0 aliphatic carbocycles. The maximum absolute atomic E-state index is 10.9. The van der Waals surface area contributed by atoms with E-state index in [0.29, 0.717) is 7.09 Å². The first-order valence-corrected chi connectivity index (χ1v) is 5.51. The van der Waals surface area contributed by atoms with E-state index in [9.17, 15) is 8.42 Å². The second-order valence-corrected chi connectivity index (χ2v) is 4.25. The summed E-state index contributed by atoms with van der Waals surface area (Å²) in [5.41, 5.74) is 0.910. The van der Waals surface area contributed by atoms with Crippen LogP contribution >= 0.6 is 0 Å². The molecule has 0 rings (SSSR count). The first kappa shape index (κ1) is 9.58. The van der Waals surface area contributed by atoms with Crippen LogP contribution in [0.5, 0.6) is 0 Å². The van der Waals surface area contributed by atoms with Crippen LogP contribution in [0.3, 0.4) is 0 Å². The fourth-order valence-electron chi connectivity index (χ4n) is 0.619. The van der Waals surface area contributed by atoms with Crippen LogP contribution in [0.25, 0.3) is 0 Å². The van der Waals surface area contributed by atoms with Crippen LogP contribution in [0.4, 0.5) is 0 Å². The zero-order valence-electron chi connectivity index (χ0n) is 8.45. The molecule has 2 nitrogen and oxygen atoms in total. The van der Waals surface area contributed by atoms with Crippen LogP contribution in [0, 0.1) is 0 Å². The van der Waals surface area contributed by atoms with Crippen LogP contribution in [-0.2, 0) is 9.69 Å². The highest BCUT2D eigenvalue weighted by Crippen LogP contribution is 1.97. The molecule has 0 aromatic heterocycles. The highest BCUT2D eigenvalue weighted by Gasteiger charge is 1.96. The molecule has 0 unspecified atom stereocenters. The Morgan fingerprint density at radius 1 is 1.67 bits per heavy atom. The molecule has 67 valence electrons. The molecule has 0 aromatic carbocycles. The summed E-state index contributed by atoms with van der Waals surface area (Å²) in [4.78, 5) is 0. The van der Waals surface area contributed by atoms with E-state index in [-0.39, 0.29) is 5.75 Å². The quantitative estimate of drug-likeness (QED) is 0.477. The van der Waals surface area contributed by atoms with Gasteiger partial charge in [-0.25, -0.2) is 8.42 Å². The molecular weight excluding hydrogens is 171 g/mol. The van der Waals surface area contributed by atoms with Crippen molar-refractivity contribution in [2.24, 2.45) is 0 Å². The van der Waals surface area contributed by atoms with E-state index < -0.39 is 9.69 Å². The minimum atomic E-state index is -3.31. The molecule has 0 spiro atoms. The van der Waals surface area contributed by atoms with E-state index >= 15 is 0 Å². The second-order valence-electron chi connectivity index (χ2n) is 2.59. The maximum Gasteiger partial charge on any atom is 0.258 e. The monoisotopic (exact) mass is 187 g/mol. The van der Waals surface area contributed by atoms with Crippen molar-refractivity contribution in [3.8, 4) is 0 Å². The van der Waals surface area contributed by atoms with Gasteiger partial charge in [-0.2, -0.15) is 0 Å². The summed E-state index contributed by atoms with van der Waals surface area (Å²) < 4.78 is 28.4. The van der Waals surface area contributed by atoms with Crippen LogP contribution in [-0.4, -0.2) is 22.6 Å². The molecule has 0 bridgehead atoms. The minimum Gasteiger partial charge on any atom is -0.242 e. The maximum atomic E-state index is 10.9. The fourth-order valence-corrected chi connectivity index (χ4v) is 1.11. The summed E-state index contributed by atoms with van der Waals surface area (Å²) in [5.74, 6) is -0.0869. The van der Waals surface area contributed by atoms with Crippen molar-refractivity contribution in [3.63, 3.8) is 0 Å². The van der Waals surface area contributed by atoms with Crippen molar-refractivity contribution in [3.05, 3.63) is 23.8 Å². The predicted octanol–water partition coefficient (Wildman–Crippen LogP) is 1.13. The molecule has 0 aliphatic rings. The number of allylic oxidation sites excluding steroid dienone is 3. The third kappa shape index (κ3) is 7.60. The topological polar surface area (TPSA) is 34.1 Å². The van der Waals surface area contributed by atoms with Gasteiger partial charge < -0.3 is 0 Å². The molecule has 0 N–H and O–H groups in total. The fraction of sp³-hybridized carbons (Fsp3) is 0.500. The molecular formula is C8H14BO2S. The van der Waals surface area contributed by atoms with Crippen molar-refractivity contribution < 1.29 is 8.42 Å². The Bertz CT molecular complexity index is 293. The van der Waals surface area contributed by atoms with Gasteiger partial charge in [-0.3, -0.25) is 0 Å². The molecule has 0 saturated heterocycles. The molecule has 0 fully saturated rings. The van der Waals surface area contributed by atoms with E-state index in [0.717, 1.165) is 12.0 Å². The van der Waals surface area contributed by atoms with Gasteiger partial charge in [-0.15, -0.1) is 0 Å². The Kier molecular flexibility index (Phi) is 4.15. The smallest absolute Gasteiger partial charge is 0.242 e. The van der Waals surface area contributed by atoms with Crippen molar-refractivity contribution in [2.75, 3.05) is 5.75 Å². The highest BCUT2D eigenvalue weighted by atomic mass is 32.2. The highest BCUT2D eigenvalue weighted by molar-refractivity contribution is 8.12. The molecule has 0 atom stereocenters. The predicted molar refractivity (Wildman–Crippen MR) is 54.1 cm³/mol. The van der Waals surface area contributed by atoms with Gasteiger partial charge in [0.15, 0.2) is 0 Å². The zero-order valence-corrected chi connectivity index (χ0v) is 8.26. The van der Waals surface area contributed by atoms with Crippen LogP contribution in [0.15, 0.2) is 23.8 Å². The van der Waals surface area contributed by atoms with Gasteiger partial charge in [0.2, 0.25) is 0 Å². The number of rotatable bonds is 5. The Morgan fingerprint density at radius 2 is 2.33 bits per heavy atom. The van der Waals surface area contributed by atoms with E-state index in [2.05, 4.69) is 0 Å². The summed E-state index contributed by atoms with van der Waals surface area (Å²) in [6.07, 6.45) is 6.37. The van der Waals surface area contributed by atoms with Crippen molar-refractivity contribution >= 4 is 16.8 Å². The average molecular weight is 187 g/mol. The van der Waals surface area contributed by atoms with E-state index in [4.69, 9.17) is 1.34 Å². The van der Waals surface area contributed by atoms with E-state index in [1.807, 2.05) is 26.0 Å². The van der Waals surface area contributed by atoms with Crippen molar-refractivity contribution in [2.45, 2.75) is 20.3 Å². The van der Waals surface area contributed by atoms with E-state index in [1.165, 1.54) is 0 Å². The second kappa shape index (κ2) is 5.20. The number of hydrogen-bond donors (Lipinski definition) is 0. The lowest BCUT2D eigenvalue weighted by molar-refractivity contribution is 0.612. The summed E-state index contributed by atoms with van der Waals surface area (Å²) in [7, 11) is -2.82. The van der Waals surface area contributed by atoms with Gasteiger partial charge in [0.1, 0.15) is 0 Å². The van der Waals surface area contributed by atoms with Gasteiger partial charge >= 0.3 is 0 Å². The van der Waals surface area contributed by atoms with Gasteiger partial charge in [0, 0.05) is 0 Å². The van der Waals surface area contributed by atoms with Crippen LogP contribution in [0.1, 0.15) is 20.3 Å². The molecule has 0 heterocycles. The summed E-state index contributed by atoms with van der Waals surface area (Å²) in [6, 6.07) is 0. The van der Waals surface area contributed by atoms with Crippen molar-refractivity contribution in [1.82, 2.24) is 0 Å². The summed E-state index contributed by atoms with van der Waals surface area (Å²) >= 11 is 0. The first-order chi connectivity index (χ1) is 6.02. The third-order valence-electron chi connectivity index (χ3n) is 1.25. The zero-order chi connectivity index (χ0) is 10.3. The lowest BCUT2D eigenvalue weighted by Gasteiger charge is -1.92.